The highest BCUT2D eigenvalue weighted by Crippen LogP contribution is 2.17. The lowest BCUT2D eigenvalue weighted by molar-refractivity contribution is 0.344. The van der Waals surface area contributed by atoms with E-state index >= 15 is 0 Å². The van der Waals surface area contributed by atoms with Gasteiger partial charge in [-0.25, -0.2) is 0 Å². The monoisotopic (exact) mass is 216 g/mol. The second-order valence-electron chi connectivity index (χ2n) is 2.50. The Morgan fingerprint density at radius 3 is 3.00 bits per heavy atom. The van der Waals surface area contributed by atoms with Gasteiger partial charge in [0.2, 0.25) is 0 Å². The van der Waals surface area contributed by atoms with Crippen molar-refractivity contribution < 1.29 is 4.74 Å². The number of hydrogen-bond acceptors (Lipinski definition) is 2. The molecule has 0 aromatic heterocycles. The van der Waals surface area contributed by atoms with Gasteiger partial charge in [-0.15, -0.1) is 0 Å². The van der Waals surface area contributed by atoms with E-state index < -0.39 is 0 Å². The summed E-state index contributed by atoms with van der Waals surface area (Å²) in [7, 11) is 0. The lowest BCUT2D eigenvalue weighted by Crippen LogP contribution is -1.99. The van der Waals surface area contributed by atoms with Crippen LogP contribution in [0.3, 0.4) is 0 Å². The summed E-state index contributed by atoms with van der Waals surface area (Å²) in [5, 5.41) is 0.723. The quantitative estimate of drug-likeness (QED) is 0.698. The van der Waals surface area contributed by atoms with Crippen LogP contribution in [0.25, 0.3) is 0 Å². The molecular formula is C10H13ClOS. The van der Waals surface area contributed by atoms with Crippen molar-refractivity contribution >= 4 is 23.4 Å². The van der Waals surface area contributed by atoms with Gasteiger partial charge in [0.1, 0.15) is 5.75 Å². The third-order valence-corrected chi connectivity index (χ3v) is 2.60. The molecule has 1 rings (SSSR count). The SMILES string of the molecule is CCSCCOc1cccc(Cl)c1. The summed E-state index contributed by atoms with van der Waals surface area (Å²) in [6, 6.07) is 7.49. The van der Waals surface area contributed by atoms with Crippen LogP contribution in [0, 0.1) is 0 Å². The molecule has 0 unspecified atom stereocenters. The van der Waals surface area contributed by atoms with Crippen molar-refractivity contribution in [3.63, 3.8) is 0 Å². The van der Waals surface area contributed by atoms with Crippen LogP contribution in [0.2, 0.25) is 5.02 Å². The lowest BCUT2D eigenvalue weighted by atomic mass is 10.3. The molecule has 72 valence electrons. The number of halogens is 1. The summed E-state index contributed by atoms with van der Waals surface area (Å²) in [6.45, 7) is 2.89. The molecule has 0 aliphatic rings. The minimum absolute atomic E-state index is 0.723. The van der Waals surface area contributed by atoms with Crippen molar-refractivity contribution in [2.24, 2.45) is 0 Å². The van der Waals surface area contributed by atoms with Gasteiger partial charge < -0.3 is 4.74 Å². The predicted molar refractivity (Wildman–Crippen MR) is 59.9 cm³/mol. The molecule has 0 amide bonds. The highest BCUT2D eigenvalue weighted by molar-refractivity contribution is 7.99. The summed E-state index contributed by atoms with van der Waals surface area (Å²) < 4.78 is 5.48. The largest absolute Gasteiger partial charge is 0.493 e. The average molecular weight is 217 g/mol. The van der Waals surface area contributed by atoms with Crippen molar-refractivity contribution in [3.8, 4) is 5.75 Å². The molecular weight excluding hydrogens is 204 g/mol. The Labute approximate surface area is 88.4 Å². The summed E-state index contributed by atoms with van der Waals surface area (Å²) in [4.78, 5) is 0. The summed E-state index contributed by atoms with van der Waals surface area (Å²) in [5.74, 6) is 3.02. The maximum Gasteiger partial charge on any atom is 0.120 e. The van der Waals surface area contributed by atoms with E-state index in [0.717, 1.165) is 28.9 Å². The van der Waals surface area contributed by atoms with Gasteiger partial charge in [-0.1, -0.05) is 24.6 Å². The molecule has 0 fully saturated rings. The molecule has 0 spiro atoms. The Hall–Kier alpha value is -0.340. The van der Waals surface area contributed by atoms with Gasteiger partial charge in [0, 0.05) is 10.8 Å². The maximum atomic E-state index is 5.80. The smallest absolute Gasteiger partial charge is 0.120 e. The second-order valence-corrected chi connectivity index (χ2v) is 4.33. The zero-order chi connectivity index (χ0) is 9.52. The first kappa shape index (κ1) is 10.7. The molecule has 1 nitrogen and oxygen atoms in total. The summed E-state index contributed by atoms with van der Waals surface area (Å²) >= 11 is 7.67. The van der Waals surface area contributed by atoms with E-state index in [9.17, 15) is 0 Å². The van der Waals surface area contributed by atoms with Crippen LogP contribution >= 0.6 is 23.4 Å². The first-order valence-electron chi connectivity index (χ1n) is 4.29. The van der Waals surface area contributed by atoms with Crippen LogP contribution in [0.1, 0.15) is 6.92 Å². The van der Waals surface area contributed by atoms with Crippen LogP contribution in [0.15, 0.2) is 24.3 Å². The molecule has 0 aliphatic carbocycles. The molecule has 0 saturated carbocycles. The Bertz CT molecular complexity index is 252. The van der Waals surface area contributed by atoms with Crippen LogP contribution in [0.4, 0.5) is 0 Å². The van der Waals surface area contributed by atoms with Crippen molar-refractivity contribution in [1.29, 1.82) is 0 Å². The van der Waals surface area contributed by atoms with Gasteiger partial charge in [-0.05, 0) is 24.0 Å². The van der Waals surface area contributed by atoms with E-state index in [4.69, 9.17) is 16.3 Å². The van der Waals surface area contributed by atoms with Crippen molar-refractivity contribution in [1.82, 2.24) is 0 Å². The zero-order valence-corrected chi connectivity index (χ0v) is 9.20. The van der Waals surface area contributed by atoms with Crippen LogP contribution in [-0.2, 0) is 0 Å². The molecule has 0 aliphatic heterocycles. The fourth-order valence-corrected chi connectivity index (χ4v) is 1.59. The van der Waals surface area contributed by atoms with Gasteiger partial charge >= 0.3 is 0 Å². The number of benzene rings is 1. The first-order valence-corrected chi connectivity index (χ1v) is 5.82. The Morgan fingerprint density at radius 1 is 1.46 bits per heavy atom. The van der Waals surface area contributed by atoms with Gasteiger partial charge in [-0.3, -0.25) is 0 Å². The van der Waals surface area contributed by atoms with E-state index in [1.807, 2.05) is 36.0 Å². The van der Waals surface area contributed by atoms with Gasteiger partial charge in [0.15, 0.2) is 0 Å². The topological polar surface area (TPSA) is 9.23 Å². The molecule has 0 radical (unpaired) electrons. The van der Waals surface area contributed by atoms with Crippen LogP contribution in [-0.4, -0.2) is 18.1 Å². The normalized spacial score (nSPS) is 10.0. The minimum atomic E-state index is 0.723. The Kier molecular flexibility index (Phi) is 5.09. The van der Waals surface area contributed by atoms with Gasteiger partial charge in [0.05, 0.1) is 6.61 Å². The lowest BCUT2D eigenvalue weighted by Gasteiger charge is -2.04. The second kappa shape index (κ2) is 6.17. The third kappa shape index (κ3) is 4.44. The fourth-order valence-electron chi connectivity index (χ4n) is 0.920. The fraction of sp³-hybridized carbons (Fsp3) is 0.400. The minimum Gasteiger partial charge on any atom is -0.493 e. The molecule has 1 aromatic carbocycles. The molecule has 13 heavy (non-hydrogen) atoms. The molecule has 0 bridgehead atoms. The third-order valence-electron chi connectivity index (χ3n) is 1.50. The first-order chi connectivity index (χ1) is 6.33. The maximum absolute atomic E-state index is 5.80. The van der Waals surface area contributed by atoms with Crippen molar-refractivity contribution in [2.75, 3.05) is 18.1 Å². The molecule has 0 saturated heterocycles. The Balaban J connectivity index is 2.28. The molecule has 3 heteroatoms. The van der Waals surface area contributed by atoms with Crippen LogP contribution in [0.5, 0.6) is 5.75 Å². The number of thioether (sulfide) groups is 1. The van der Waals surface area contributed by atoms with E-state index in [1.165, 1.54) is 0 Å². The van der Waals surface area contributed by atoms with Gasteiger partial charge in [-0.2, -0.15) is 11.8 Å². The van der Waals surface area contributed by atoms with Gasteiger partial charge in [0.25, 0.3) is 0 Å². The van der Waals surface area contributed by atoms with E-state index in [2.05, 4.69) is 6.92 Å². The number of ether oxygens (including phenoxy) is 1. The highest BCUT2D eigenvalue weighted by Gasteiger charge is 1.93. The van der Waals surface area contributed by atoms with E-state index in [-0.39, 0.29) is 0 Å². The predicted octanol–water partition coefficient (Wildman–Crippen LogP) is 3.47. The van der Waals surface area contributed by atoms with Crippen molar-refractivity contribution in [2.45, 2.75) is 6.92 Å². The zero-order valence-electron chi connectivity index (χ0n) is 7.63. The summed E-state index contributed by atoms with van der Waals surface area (Å²) in [5.41, 5.74) is 0. The average Bonchev–Trinajstić information content (AvgIpc) is 2.13. The van der Waals surface area contributed by atoms with Crippen molar-refractivity contribution in [3.05, 3.63) is 29.3 Å². The molecule has 0 heterocycles. The molecule has 0 N–H and O–H groups in total. The standard InChI is InChI=1S/C10H13ClOS/c1-2-13-7-6-12-10-5-3-4-9(11)8-10/h3-5,8H,2,6-7H2,1H3. The number of hydrogen-bond donors (Lipinski definition) is 0. The molecule has 1 aromatic rings. The highest BCUT2D eigenvalue weighted by atomic mass is 35.5. The summed E-state index contributed by atoms with van der Waals surface area (Å²) in [6.07, 6.45) is 0. The molecule has 0 atom stereocenters. The van der Waals surface area contributed by atoms with E-state index in [0.29, 0.717) is 0 Å². The Morgan fingerprint density at radius 2 is 2.31 bits per heavy atom. The number of rotatable bonds is 5. The van der Waals surface area contributed by atoms with E-state index in [1.54, 1.807) is 0 Å². The van der Waals surface area contributed by atoms with Crippen LogP contribution < -0.4 is 4.74 Å².